The van der Waals surface area contributed by atoms with E-state index in [9.17, 15) is 19.5 Å². The van der Waals surface area contributed by atoms with Gasteiger partial charge in [0.15, 0.2) is 0 Å². The minimum atomic E-state index is -1.35. The number of para-hydroxylation sites is 1. The molecule has 0 bridgehead atoms. The Morgan fingerprint density at radius 1 is 1.03 bits per heavy atom. The first kappa shape index (κ1) is 22.1. The fraction of sp³-hybridized carbons (Fsp3) is 0.174. The van der Waals surface area contributed by atoms with Gasteiger partial charge in [-0.05, 0) is 55.0 Å². The maximum absolute atomic E-state index is 12.7. The number of amides is 3. The number of urea groups is 1. The molecule has 0 spiro atoms. The number of halogens is 1. The Labute approximate surface area is 184 Å². The maximum atomic E-state index is 12.7. The van der Waals surface area contributed by atoms with Gasteiger partial charge in [-0.2, -0.15) is 4.90 Å². The molecule has 2 N–H and O–H groups in total. The number of carbonyl (C=O) groups is 3. The molecule has 3 rings (SSSR count). The van der Waals surface area contributed by atoms with Crippen molar-refractivity contribution >= 4 is 35.2 Å². The Balaban J connectivity index is 1.69. The van der Waals surface area contributed by atoms with Crippen molar-refractivity contribution in [2.75, 3.05) is 18.5 Å². The predicted octanol–water partition coefficient (Wildman–Crippen LogP) is 4.99. The van der Waals surface area contributed by atoms with E-state index in [-0.39, 0.29) is 18.0 Å². The summed E-state index contributed by atoms with van der Waals surface area (Å²) in [6.45, 7) is 2.10. The van der Waals surface area contributed by atoms with Crippen molar-refractivity contribution in [3.05, 3.63) is 88.2 Å². The molecule has 0 saturated carbocycles. The highest BCUT2D eigenvalue weighted by Crippen LogP contribution is 2.19. The minimum Gasteiger partial charge on any atom is -0.464 e. The van der Waals surface area contributed by atoms with Crippen LogP contribution in [0.2, 0.25) is 5.02 Å². The fourth-order valence-electron chi connectivity index (χ4n) is 3.18. The third kappa shape index (κ3) is 5.13. The van der Waals surface area contributed by atoms with Gasteiger partial charge in [-0.25, -0.2) is 9.59 Å². The number of H-pyrrole nitrogens is 1. The van der Waals surface area contributed by atoms with Crippen molar-refractivity contribution in [2.24, 2.45) is 0 Å². The fourth-order valence-corrected chi connectivity index (χ4v) is 3.31. The number of benzene rings is 2. The van der Waals surface area contributed by atoms with Gasteiger partial charge >= 0.3 is 12.1 Å². The Morgan fingerprint density at radius 2 is 1.68 bits per heavy atom. The van der Waals surface area contributed by atoms with Crippen LogP contribution in [0.3, 0.4) is 0 Å². The first-order valence-corrected chi connectivity index (χ1v) is 9.97. The molecule has 0 radical (unpaired) electrons. The van der Waals surface area contributed by atoms with E-state index in [1.165, 1.54) is 11.9 Å². The molecule has 0 atom stereocenters. The van der Waals surface area contributed by atoms with Crippen molar-refractivity contribution in [2.45, 2.75) is 13.3 Å². The molecular weight excluding hydrogens is 418 g/mol. The second kappa shape index (κ2) is 9.49. The zero-order chi connectivity index (χ0) is 22.5. The molecule has 160 valence electrons. The highest BCUT2D eigenvalue weighted by Gasteiger charge is 2.26. The summed E-state index contributed by atoms with van der Waals surface area (Å²) in [5, 5.41) is 10.0. The second-order valence-corrected chi connectivity index (χ2v) is 7.53. The minimum absolute atomic E-state index is 0.147. The van der Waals surface area contributed by atoms with E-state index in [2.05, 4.69) is 4.98 Å². The quantitative estimate of drug-likeness (QED) is 0.529. The highest BCUT2D eigenvalue weighted by molar-refractivity contribution is 6.30. The van der Waals surface area contributed by atoms with E-state index in [0.717, 1.165) is 11.3 Å². The number of aromatic amines is 1. The maximum Gasteiger partial charge on any atom is 0.420 e. The largest absolute Gasteiger partial charge is 0.464 e. The van der Waals surface area contributed by atoms with Gasteiger partial charge < -0.3 is 15.0 Å². The van der Waals surface area contributed by atoms with E-state index in [1.54, 1.807) is 54.6 Å². The Hall–Kier alpha value is -3.58. The first-order chi connectivity index (χ1) is 14.8. The van der Waals surface area contributed by atoms with E-state index >= 15 is 0 Å². The lowest BCUT2D eigenvalue weighted by molar-refractivity contribution is 0.103. The number of anilines is 1. The molecule has 0 aliphatic carbocycles. The lowest BCUT2D eigenvalue weighted by atomic mass is 10.1. The lowest BCUT2D eigenvalue weighted by Gasteiger charge is -2.24. The SMILES string of the molecule is Cc1cc(CCN(C)C(=O)N(C(=O)O)c2ccccc2)[nH]c1C(=O)c1ccc(Cl)cc1. The normalized spacial score (nSPS) is 10.5. The molecule has 1 aromatic heterocycles. The third-order valence-corrected chi connectivity index (χ3v) is 5.10. The second-order valence-electron chi connectivity index (χ2n) is 7.10. The molecule has 0 unspecified atom stereocenters. The molecule has 0 fully saturated rings. The van der Waals surface area contributed by atoms with Crippen molar-refractivity contribution in [1.82, 2.24) is 9.88 Å². The van der Waals surface area contributed by atoms with Gasteiger partial charge in [-0.15, -0.1) is 0 Å². The number of hydrogen-bond donors (Lipinski definition) is 2. The Bertz CT molecular complexity index is 1090. The standard InChI is InChI=1S/C23H22ClN3O4/c1-15-14-18(25-20(15)21(28)16-8-10-17(24)11-9-16)12-13-26(2)22(29)27(23(30)31)19-6-4-3-5-7-19/h3-11,14,25H,12-13H2,1-2H3,(H,30,31). The first-order valence-electron chi connectivity index (χ1n) is 9.60. The average molecular weight is 440 g/mol. The molecule has 31 heavy (non-hydrogen) atoms. The highest BCUT2D eigenvalue weighted by atomic mass is 35.5. The molecule has 8 heteroatoms. The molecule has 3 amide bonds. The molecule has 0 saturated heterocycles. The number of carboxylic acid groups (broad SMARTS) is 1. The molecular formula is C23H22ClN3O4. The molecule has 0 aliphatic rings. The number of nitrogens with zero attached hydrogens (tertiary/aromatic N) is 2. The molecule has 7 nitrogen and oxygen atoms in total. The van der Waals surface area contributed by atoms with E-state index in [0.29, 0.717) is 27.6 Å². The number of likely N-dealkylation sites (N-methyl/N-ethyl adjacent to an activating group) is 1. The van der Waals surface area contributed by atoms with Crippen LogP contribution in [-0.2, 0) is 6.42 Å². The van der Waals surface area contributed by atoms with Gasteiger partial charge in [-0.3, -0.25) is 4.79 Å². The molecule has 1 heterocycles. The zero-order valence-electron chi connectivity index (χ0n) is 17.1. The van der Waals surface area contributed by atoms with Crippen LogP contribution < -0.4 is 4.90 Å². The Kier molecular flexibility index (Phi) is 6.77. The van der Waals surface area contributed by atoms with Crippen LogP contribution >= 0.6 is 11.6 Å². The van der Waals surface area contributed by atoms with Crippen LogP contribution in [0.1, 0.15) is 27.3 Å². The summed E-state index contributed by atoms with van der Waals surface area (Å²) in [6, 6.07) is 16.1. The van der Waals surface area contributed by atoms with Crippen LogP contribution in [-0.4, -0.2) is 46.5 Å². The van der Waals surface area contributed by atoms with Gasteiger partial charge in [0.1, 0.15) is 0 Å². The number of aromatic nitrogens is 1. The number of imide groups is 1. The summed E-state index contributed by atoms with van der Waals surface area (Å²) in [5.41, 5.74) is 2.84. The number of nitrogens with one attached hydrogen (secondary N) is 1. The van der Waals surface area contributed by atoms with Gasteiger partial charge in [0, 0.05) is 36.3 Å². The van der Waals surface area contributed by atoms with Gasteiger partial charge in [-0.1, -0.05) is 29.8 Å². The predicted molar refractivity (Wildman–Crippen MR) is 119 cm³/mol. The van der Waals surface area contributed by atoms with E-state index < -0.39 is 12.1 Å². The van der Waals surface area contributed by atoms with Crippen molar-refractivity contribution in [1.29, 1.82) is 0 Å². The van der Waals surface area contributed by atoms with E-state index in [1.807, 2.05) is 13.0 Å². The van der Waals surface area contributed by atoms with E-state index in [4.69, 9.17) is 11.6 Å². The van der Waals surface area contributed by atoms with Crippen LogP contribution in [0.25, 0.3) is 0 Å². The van der Waals surface area contributed by atoms with Crippen molar-refractivity contribution < 1.29 is 19.5 Å². The summed E-state index contributed by atoms with van der Waals surface area (Å²) in [5.74, 6) is -0.147. The topological polar surface area (TPSA) is 93.7 Å². The average Bonchev–Trinajstić information content (AvgIpc) is 3.13. The smallest absolute Gasteiger partial charge is 0.420 e. The molecule has 0 aliphatic heterocycles. The summed E-state index contributed by atoms with van der Waals surface area (Å²) >= 11 is 5.88. The molecule has 3 aromatic rings. The van der Waals surface area contributed by atoms with Crippen LogP contribution in [0, 0.1) is 6.92 Å². The molecule has 2 aromatic carbocycles. The number of rotatable bonds is 6. The number of aryl methyl sites for hydroxylation is 1. The van der Waals surface area contributed by atoms with Gasteiger partial charge in [0.25, 0.3) is 0 Å². The van der Waals surface area contributed by atoms with Gasteiger partial charge in [0.05, 0.1) is 11.4 Å². The number of hydrogen-bond acceptors (Lipinski definition) is 3. The summed E-state index contributed by atoms with van der Waals surface area (Å²) < 4.78 is 0. The van der Waals surface area contributed by atoms with Crippen molar-refractivity contribution in [3.63, 3.8) is 0 Å². The third-order valence-electron chi connectivity index (χ3n) is 4.84. The van der Waals surface area contributed by atoms with Crippen LogP contribution in [0.15, 0.2) is 60.7 Å². The summed E-state index contributed by atoms with van der Waals surface area (Å²) in [6.07, 6.45) is -0.922. The van der Waals surface area contributed by atoms with Gasteiger partial charge in [0.2, 0.25) is 5.78 Å². The van der Waals surface area contributed by atoms with Crippen molar-refractivity contribution in [3.8, 4) is 0 Å². The monoisotopic (exact) mass is 439 g/mol. The van der Waals surface area contributed by atoms with Crippen LogP contribution in [0.5, 0.6) is 0 Å². The zero-order valence-corrected chi connectivity index (χ0v) is 17.9. The lowest BCUT2D eigenvalue weighted by Crippen LogP contribution is -2.45. The number of carbonyl (C=O) groups excluding carboxylic acids is 2. The van der Waals surface area contributed by atoms with Crippen LogP contribution in [0.4, 0.5) is 15.3 Å². The Morgan fingerprint density at radius 3 is 2.29 bits per heavy atom. The summed E-state index contributed by atoms with van der Waals surface area (Å²) in [4.78, 5) is 42.2. The number of ketones is 1. The summed E-state index contributed by atoms with van der Waals surface area (Å²) in [7, 11) is 1.54.